The topological polar surface area (TPSA) is 35.5 Å². The van der Waals surface area contributed by atoms with Crippen molar-refractivity contribution in [3.05, 3.63) is 35.4 Å². The molecule has 18 heavy (non-hydrogen) atoms. The van der Waals surface area contributed by atoms with Crippen molar-refractivity contribution in [3.8, 4) is 0 Å². The summed E-state index contributed by atoms with van der Waals surface area (Å²) in [4.78, 5) is 2.40. The van der Waals surface area contributed by atoms with Gasteiger partial charge in [-0.1, -0.05) is 29.8 Å². The van der Waals surface area contributed by atoms with E-state index in [9.17, 15) is 5.11 Å². The number of aryl methyl sites for hydroxylation is 1. The molecule has 0 amide bonds. The standard InChI is InChI=1S/C15H24N2O/c1-13-5-3-6-14(11-13)15(2,12-18)17-9-4-7-16-8-10-17/h3,5-6,11,16,18H,4,7-10,12H2,1-2H3. The number of hydrogen-bond acceptors (Lipinski definition) is 3. The first-order chi connectivity index (χ1) is 8.66. The number of nitrogens with zero attached hydrogens (tertiary/aromatic N) is 1. The third kappa shape index (κ3) is 2.74. The molecule has 0 aliphatic carbocycles. The summed E-state index contributed by atoms with van der Waals surface area (Å²) in [7, 11) is 0. The molecule has 1 aliphatic rings. The quantitative estimate of drug-likeness (QED) is 0.851. The van der Waals surface area contributed by atoms with Gasteiger partial charge in [0.05, 0.1) is 12.1 Å². The van der Waals surface area contributed by atoms with Gasteiger partial charge in [0.25, 0.3) is 0 Å². The van der Waals surface area contributed by atoms with E-state index in [-0.39, 0.29) is 12.1 Å². The van der Waals surface area contributed by atoms with E-state index in [1.165, 1.54) is 11.1 Å². The first-order valence-electron chi connectivity index (χ1n) is 6.80. The minimum absolute atomic E-state index is 0.163. The van der Waals surface area contributed by atoms with E-state index in [0.717, 1.165) is 32.6 Å². The lowest BCUT2D eigenvalue weighted by Gasteiger charge is -2.40. The van der Waals surface area contributed by atoms with Crippen LogP contribution in [0.1, 0.15) is 24.5 Å². The van der Waals surface area contributed by atoms with Gasteiger partial charge in [-0.15, -0.1) is 0 Å². The Hall–Kier alpha value is -0.900. The molecule has 0 spiro atoms. The normalized spacial score (nSPS) is 21.3. The molecule has 2 N–H and O–H groups in total. The molecule has 1 fully saturated rings. The van der Waals surface area contributed by atoms with E-state index in [0.29, 0.717) is 0 Å². The molecule has 3 nitrogen and oxygen atoms in total. The Kier molecular flexibility index (Phi) is 4.38. The number of hydrogen-bond donors (Lipinski definition) is 2. The zero-order chi connectivity index (χ0) is 13.0. The molecule has 0 aromatic heterocycles. The molecule has 0 bridgehead atoms. The predicted molar refractivity (Wildman–Crippen MR) is 74.7 cm³/mol. The molecule has 2 rings (SSSR count). The lowest BCUT2D eigenvalue weighted by molar-refractivity contribution is 0.0452. The Balaban J connectivity index is 2.28. The maximum absolute atomic E-state index is 9.91. The van der Waals surface area contributed by atoms with Crippen molar-refractivity contribution in [1.82, 2.24) is 10.2 Å². The summed E-state index contributed by atoms with van der Waals surface area (Å²) < 4.78 is 0. The fourth-order valence-electron chi connectivity index (χ4n) is 2.69. The largest absolute Gasteiger partial charge is 0.394 e. The molecule has 1 saturated heterocycles. The molecular weight excluding hydrogens is 224 g/mol. The van der Waals surface area contributed by atoms with Gasteiger partial charge in [0, 0.05) is 19.6 Å². The van der Waals surface area contributed by atoms with Crippen molar-refractivity contribution in [2.75, 3.05) is 32.8 Å². The van der Waals surface area contributed by atoms with Crippen molar-refractivity contribution in [2.45, 2.75) is 25.8 Å². The minimum Gasteiger partial charge on any atom is -0.394 e. The maximum atomic E-state index is 9.91. The van der Waals surface area contributed by atoms with Crippen molar-refractivity contribution in [3.63, 3.8) is 0 Å². The Morgan fingerprint density at radius 2 is 2.17 bits per heavy atom. The van der Waals surface area contributed by atoms with Crippen LogP contribution in [0.25, 0.3) is 0 Å². The molecule has 1 aliphatic heterocycles. The second-order valence-corrected chi connectivity index (χ2v) is 5.39. The van der Waals surface area contributed by atoms with Gasteiger partial charge in [-0.2, -0.15) is 0 Å². The van der Waals surface area contributed by atoms with Crippen LogP contribution in [0.5, 0.6) is 0 Å². The average Bonchev–Trinajstić information content (AvgIpc) is 2.67. The number of rotatable bonds is 3. The maximum Gasteiger partial charge on any atom is 0.0666 e. The number of aliphatic hydroxyl groups is 1. The molecule has 1 aromatic carbocycles. The summed E-state index contributed by atoms with van der Waals surface area (Å²) in [5, 5.41) is 13.3. The third-order valence-corrected chi connectivity index (χ3v) is 3.99. The van der Waals surface area contributed by atoms with E-state index in [1.54, 1.807) is 0 Å². The van der Waals surface area contributed by atoms with E-state index >= 15 is 0 Å². The monoisotopic (exact) mass is 248 g/mol. The molecule has 0 radical (unpaired) electrons. The van der Waals surface area contributed by atoms with Crippen molar-refractivity contribution < 1.29 is 5.11 Å². The van der Waals surface area contributed by atoms with Crippen LogP contribution in [-0.2, 0) is 5.54 Å². The van der Waals surface area contributed by atoms with Gasteiger partial charge in [0.1, 0.15) is 0 Å². The highest BCUT2D eigenvalue weighted by Crippen LogP contribution is 2.28. The van der Waals surface area contributed by atoms with Gasteiger partial charge in [0.2, 0.25) is 0 Å². The van der Waals surface area contributed by atoms with Crippen LogP contribution in [0.3, 0.4) is 0 Å². The van der Waals surface area contributed by atoms with Gasteiger partial charge >= 0.3 is 0 Å². The van der Waals surface area contributed by atoms with Crippen molar-refractivity contribution in [2.24, 2.45) is 0 Å². The molecule has 3 heteroatoms. The zero-order valence-corrected chi connectivity index (χ0v) is 11.4. The SMILES string of the molecule is Cc1cccc(C(C)(CO)N2CCCNCC2)c1. The summed E-state index contributed by atoms with van der Waals surface area (Å²) in [6.07, 6.45) is 1.14. The van der Waals surface area contributed by atoms with Gasteiger partial charge in [0.15, 0.2) is 0 Å². The minimum atomic E-state index is -0.266. The van der Waals surface area contributed by atoms with Crippen LogP contribution >= 0.6 is 0 Å². The number of nitrogens with one attached hydrogen (secondary N) is 1. The molecule has 0 saturated carbocycles. The highest BCUT2D eigenvalue weighted by atomic mass is 16.3. The van der Waals surface area contributed by atoms with Crippen molar-refractivity contribution >= 4 is 0 Å². The second-order valence-electron chi connectivity index (χ2n) is 5.39. The lowest BCUT2D eigenvalue weighted by atomic mass is 9.89. The highest BCUT2D eigenvalue weighted by Gasteiger charge is 2.33. The summed E-state index contributed by atoms with van der Waals surface area (Å²) in [6, 6.07) is 8.50. The highest BCUT2D eigenvalue weighted by molar-refractivity contribution is 5.29. The Morgan fingerprint density at radius 1 is 1.33 bits per heavy atom. The first-order valence-corrected chi connectivity index (χ1v) is 6.80. The van der Waals surface area contributed by atoms with E-state index in [1.807, 2.05) is 0 Å². The van der Waals surface area contributed by atoms with Crippen LogP contribution in [0.4, 0.5) is 0 Å². The molecule has 1 unspecified atom stereocenters. The fourth-order valence-corrected chi connectivity index (χ4v) is 2.69. The molecule has 1 aromatic rings. The summed E-state index contributed by atoms with van der Waals surface area (Å²) in [5.74, 6) is 0. The van der Waals surface area contributed by atoms with Gasteiger partial charge in [-0.05, 0) is 32.4 Å². The number of benzene rings is 1. The van der Waals surface area contributed by atoms with Gasteiger partial charge in [-0.25, -0.2) is 0 Å². The Labute approximate surface area is 110 Å². The van der Waals surface area contributed by atoms with Gasteiger partial charge < -0.3 is 10.4 Å². The van der Waals surface area contributed by atoms with E-state index < -0.39 is 0 Å². The van der Waals surface area contributed by atoms with Crippen LogP contribution in [-0.4, -0.2) is 42.8 Å². The van der Waals surface area contributed by atoms with Crippen LogP contribution < -0.4 is 5.32 Å². The molecule has 1 heterocycles. The van der Waals surface area contributed by atoms with Crippen LogP contribution in [0.15, 0.2) is 24.3 Å². The van der Waals surface area contributed by atoms with Crippen LogP contribution in [0.2, 0.25) is 0 Å². The molecule has 1 atom stereocenters. The molecule has 100 valence electrons. The Bertz CT molecular complexity index is 386. The number of aliphatic hydroxyl groups excluding tert-OH is 1. The summed E-state index contributed by atoms with van der Waals surface area (Å²) in [6.45, 7) is 8.52. The van der Waals surface area contributed by atoms with Crippen LogP contribution in [0, 0.1) is 6.92 Å². The van der Waals surface area contributed by atoms with E-state index in [2.05, 4.69) is 48.3 Å². The Morgan fingerprint density at radius 3 is 2.89 bits per heavy atom. The third-order valence-electron chi connectivity index (χ3n) is 3.99. The summed E-state index contributed by atoms with van der Waals surface area (Å²) in [5.41, 5.74) is 2.20. The smallest absolute Gasteiger partial charge is 0.0666 e. The second kappa shape index (κ2) is 5.83. The lowest BCUT2D eigenvalue weighted by Crippen LogP contribution is -2.48. The van der Waals surface area contributed by atoms with E-state index in [4.69, 9.17) is 0 Å². The fraction of sp³-hybridized carbons (Fsp3) is 0.600. The van der Waals surface area contributed by atoms with Crippen molar-refractivity contribution in [1.29, 1.82) is 0 Å². The average molecular weight is 248 g/mol. The zero-order valence-electron chi connectivity index (χ0n) is 11.4. The predicted octanol–water partition coefficient (Wildman–Crippen LogP) is 1.50. The summed E-state index contributed by atoms with van der Waals surface area (Å²) >= 11 is 0. The molecular formula is C15H24N2O. The first kappa shape index (κ1) is 13.5. The van der Waals surface area contributed by atoms with Gasteiger partial charge in [-0.3, -0.25) is 4.90 Å².